The Balaban J connectivity index is 1.45. The summed E-state index contributed by atoms with van der Waals surface area (Å²) in [5, 5.41) is 0. The average molecular weight is 369 g/mol. The van der Waals surface area contributed by atoms with Crippen LogP contribution in [-0.2, 0) is 9.47 Å². The lowest BCUT2D eigenvalue weighted by Crippen LogP contribution is -2.48. The minimum atomic E-state index is 0.371. The fourth-order valence-corrected chi connectivity index (χ4v) is 3.40. The molecule has 1 aliphatic carbocycles. The van der Waals surface area contributed by atoms with Gasteiger partial charge in [0.15, 0.2) is 0 Å². The first-order valence-corrected chi connectivity index (χ1v) is 10.8. The molecular weight excluding hydrogens is 324 g/mol. The van der Waals surface area contributed by atoms with Crippen molar-refractivity contribution in [3.05, 3.63) is 0 Å². The van der Waals surface area contributed by atoms with Gasteiger partial charge in [0.1, 0.15) is 0 Å². The first-order chi connectivity index (χ1) is 12.1. The van der Waals surface area contributed by atoms with Crippen LogP contribution in [0.3, 0.4) is 0 Å². The third-order valence-electron chi connectivity index (χ3n) is 5.66. The molecule has 1 heterocycles. The Labute approximate surface area is 162 Å². The molecule has 0 N–H and O–H groups in total. The van der Waals surface area contributed by atoms with Gasteiger partial charge in [-0.1, -0.05) is 41.5 Å². The van der Waals surface area contributed by atoms with Gasteiger partial charge in [-0.25, -0.2) is 0 Å². The molecule has 4 heteroatoms. The molecule has 0 aromatic heterocycles. The highest BCUT2D eigenvalue weighted by Gasteiger charge is 2.31. The highest BCUT2D eigenvalue weighted by molar-refractivity contribution is 4.82. The smallest absolute Gasteiger partial charge is 0.0625 e. The summed E-state index contributed by atoms with van der Waals surface area (Å²) in [4.78, 5) is 5.18. The zero-order valence-corrected chi connectivity index (χ0v) is 18.4. The summed E-state index contributed by atoms with van der Waals surface area (Å²) in [6.07, 6.45) is 5.47. The second-order valence-electron chi connectivity index (χ2n) is 10.8. The van der Waals surface area contributed by atoms with Crippen LogP contribution < -0.4 is 0 Å². The van der Waals surface area contributed by atoms with Crippen LogP contribution in [0.4, 0.5) is 0 Å². The zero-order valence-electron chi connectivity index (χ0n) is 18.4. The van der Waals surface area contributed by atoms with Gasteiger partial charge >= 0.3 is 0 Å². The number of hydrogen-bond acceptors (Lipinski definition) is 4. The second-order valence-corrected chi connectivity index (χ2v) is 10.8. The third kappa shape index (κ3) is 9.16. The highest BCUT2D eigenvalue weighted by Crippen LogP contribution is 2.28. The Morgan fingerprint density at radius 1 is 0.654 bits per heavy atom. The van der Waals surface area contributed by atoms with Crippen LogP contribution in [0, 0.1) is 10.8 Å². The SMILES string of the molecule is CC(C)(C)CCO[C@H]1C[C@H](OCCN2CCN(CCC(C)(C)C)CC2)C1. The Hall–Kier alpha value is -0.160. The molecule has 1 saturated carbocycles. The minimum absolute atomic E-state index is 0.371. The summed E-state index contributed by atoms with van der Waals surface area (Å²) >= 11 is 0. The molecule has 4 nitrogen and oxygen atoms in total. The molecule has 0 unspecified atom stereocenters. The lowest BCUT2D eigenvalue weighted by molar-refractivity contribution is -0.107. The molecule has 0 aromatic carbocycles. The molecule has 26 heavy (non-hydrogen) atoms. The molecule has 2 rings (SSSR count). The van der Waals surface area contributed by atoms with Gasteiger partial charge in [-0.05, 0) is 43.1 Å². The van der Waals surface area contributed by atoms with Crippen molar-refractivity contribution in [1.29, 1.82) is 0 Å². The predicted molar refractivity (Wildman–Crippen MR) is 110 cm³/mol. The maximum Gasteiger partial charge on any atom is 0.0625 e. The first kappa shape index (κ1) is 22.1. The van der Waals surface area contributed by atoms with Crippen LogP contribution in [0.15, 0.2) is 0 Å². The number of hydrogen-bond donors (Lipinski definition) is 0. The summed E-state index contributed by atoms with van der Waals surface area (Å²) in [6, 6.07) is 0. The van der Waals surface area contributed by atoms with Gasteiger partial charge in [0, 0.05) is 39.3 Å². The Morgan fingerprint density at radius 3 is 1.62 bits per heavy atom. The Kier molecular flexibility index (Phi) is 8.39. The summed E-state index contributed by atoms with van der Waals surface area (Å²) in [6.45, 7) is 22.7. The van der Waals surface area contributed by atoms with E-state index in [4.69, 9.17) is 9.47 Å². The number of nitrogens with zero attached hydrogens (tertiary/aromatic N) is 2. The van der Waals surface area contributed by atoms with Crippen molar-refractivity contribution >= 4 is 0 Å². The van der Waals surface area contributed by atoms with E-state index in [2.05, 4.69) is 51.3 Å². The maximum atomic E-state index is 6.04. The second kappa shape index (κ2) is 9.86. The molecule has 2 aliphatic rings. The van der Waals surface area contributed by atoms with Crippen molar-refractivity contribution < 1.29 is 9.47 Å². The fraction of sp³-hybridized carbons (Fsp3) is 1.00. The standard InChI is InChI=1S/C22H44N2O2/c1-21(2,3)7-9-23-10-12-24(13-11-23)14-16-26-20-17-19(18-20)25-15-8-22(4,5)6/h19-20H,7-18H2,1-6H3/t19-,20-. The first-order valence-electron chi connectivity index (χ1n) is 10.8. The van der Waals surface area contributed by atoms with E-state index in [1.54, 1.807) is 0 Å². The van der Waals surface area contributed by atoms with E-state index in [0.717, 1.165) is 39.0 Å². The minimum Gasteiger partial charge on any atom is -0.378 e. The average Bonchev–Trinajstić information content (AvgIpc) is 2.49. The van der Waals surface area contributed by atoms with Gasteiger partial charge in [0.25, 0.3) is 0 Å². The van der Waals surface area contributed by atoms with E-state index in [0.29, 0.717) is 23.0 Å². The lowest BCUT2D eigenvalue weighted by Gasteiger charge is -2.38. The van der Waals surface area contributed by atoms with Crippen LogP contribution in [0.25, 0.3) is 0 Å². The molecule has 2 fully saturated rings. The normalized spacial score (nSPS) is 26.1. The van der Waals surface area contributed by atoms with Crippen molar-refractivity contribution in [2.75, 3.05) is 52.5 Å². The van der Waals surface area contributed by atoms with Crippen LogP contribution in [0.5, 0.6) is 0 Å². The molecular formula is C22H44N2O2. The van der Waals surface area contributed by atoms with Gasteiger partial charge in [-0.3, -0.25) is 4.90 Å². The van der Waals surface area contributed by atoms with Crippen molar-refractivity contribution in [2.45, 2.75) is 79.4 Å². The largest absolute Gasteiger partial charge is 0.378 e. The van der Waals surface area contributed by atoms with Gasteiger partial charge in [0.2, 0.25) is 0 Å². The summed E-state index contributed by atoms with van der Waals surface area (Å²) < 4.78 is 12.0. The molecule has 0 bridgehead atoms. The molecule has 0 aromatic rings. The van der Waals surface area contributed by atoms with Gasteiger partial charge in [-0.2, -0.15) is 0 Å². The highest BCUT2D eigenvalue weighted by atomic mass is 16.5. The van der Waals surface area contributed by atoms with E-state index in [-0.39, 0.29) is 0 Å². The van der Waals surface area contributed by atoms with Crippen LogP contribution in [0.2, 0.25) is 0 Å². The zero-order chi connectivity index (χ0) is 19.2. The van der Waals surface area contributed by atoms with Crippen LogP contribution in [0.1, 0.15) is 67.2 Å². The van der Waals surface area contributed by atoms with Crippen molar-refractivity contribution in [2.24, 2.45) is 10.8 Å². The van der Waals surface area contributed by atoms with Crippen molar-refractivity contribution in [3.63, 3.8) is 0 Å². The molecule has 154 valence electrons. The number of rotatable bonds is 9. The molecule has 0 spiro atoms. The van der Waals surface area contributed by atoms with E-state index in [1.165, 1.54) is 39.1 Å². The van der Waals surface area contributed by atoms with Gasteiger partial charge < -0.3 is 14.4 Å². The topological polar surface area (TPSA) is 24.9 Å². The third-order valence-corrected chi connectivity index (χ3v) is 5.66. The van der Waals surface area contributed by atoms with Crippen molar-refractivity contribution in [1.82, 2.24) is 9.80 Å². The van der Waals surface area contributed by atoms with Crippen molar-refractivity contribution in [3.8, 4) is 0 Å². The maximum absolute atomic E-state index is 6.04. The quantitative estimate of drug-likeness (QED) is 0.613. The predicted octanol–water partition coefficient (Wildman–Crippen LogP) is 4.04. The summed E-state index contributed by atoms with van der Waals surface area (Å²) in [7, 11) is 0. The Morgan fingerprint density at radius 2 is 1.12 bits per heavy atom. The Bertz CT molecular complexity index is 386. The van der Waals surface area contributed by atoms with E-state index in [9.17, 15) is 0 Å². The lowest BCUT2D eigenvalue weighted by atomic mass is 9.91. The van der Waals surface area contributed by atoms with E-state index in [1.807, 2.05) is 0 Å². The van der Waals surface area contributed by atoms with Crippen LogP contribution in [-0.4, -0.2) is 74.5 Å². The van der Waals surface area contributed by atoms with Gasteiger partial charge in [0.05, 0.1) is 18.8 Å². The summed E-state index contributed by atoms with van der Waals surface area (Å²) in [5.74, 6) is 0. The van der Waals surface area contributed by atoms with E-state index >= 15 is 0 Å². The molecule has 1 aliphatic heterocycles. The van der Waals surface area contributed by atoms with Crippen LogP contribution >= 0.6 is 0 Å². The number of piperazine rings is 1. The molecule has 0 amide bonds. The monoisotopic (exact) mass is 368 g/mol. The molecule has 0 atom stereocenters. The molecule has 1 saturated heterocycles. The number of ether oxygens (including phenoxy) is 2. The summed E-state index contributed by atoms with van der Waals surface area (Å²) in [5.41, 5.74) is 0.818. The van der Waals surface area contributed by atoms with E-state index < -0.39 is 0 Å². The fourth-order valence-electron chi connectivity index (χ4n) is 3.40. The molecule has 0 radical (unpaired) electrons. The van der Waals surface area contributed by atoms with Gasteiger partial charge in [-0.15, -0.1) is 0 Å².